The van der Waals surface area contributed by atoms with Gasteiger partial charge in [-0.25, -0.2) is 0 Å². The molecule has 1 aromatic carbocycles. The summed E-state index contributed by atoms with van der Waals surface area (Å²) in [7, 11) is 0. The highest BCUT2D eigenvalue weighted by Crippen LogP contribution is 2.10. The van der Waals surface area contributed by atoms with E-state index < -0.39 is 0 Å². The third kappa shape index (κ3) is 1.56. The zero-order valence-electron chi connectivity index (χ0n) is 5.59. The van der Waals surface area contributed by atoms with Crippen LogP contribution in [0.1, 0.15) is 18.4 Å². The molecule has 1 atom stereocenters. The normalized spacial score (nSPS) is 10.1. The van der Waals surface area contributed by atoms with E-state index in [1.807, 2.05) is 24.3 Å². The summed E-state index contributed by atoms with van der Waals surface area (Å²) in [6.45, 7) is 5.97. The standard InChI is InChI=1S/C9H10/c1-8(2)9-6-4-3-5-7-9/h4-8H,1H2,2H3. The van der Waals surface area contributed by atoms with Gasteiger partial charge in [-0.05, 0) is 24.5 Å². The van der Waals surface area contributed by atoms with Crippen molar-refractivity contribution >= 4 is 0 Å². The van der Waals surface area contributed by atoms with Crippen molar-refractivity contribution in [1.82, 2.24) is 0 Å². The largest absolute Gasteiger partial charge is 0.0584 e. The van der Waals surface area contributed by atoms with E-state index in [4.69, 9.17) is 0 Å². The van der Waals surface area contributed by atoms with Crippen LogP contribution in [0.4, 0.5) is 0 Å². The van der Waals surface area contributed by atoms with Gasteiger partial charge in [0.25, 0.3) is 0 Å². The molecule has 0 aliphatic heterocycles. The molecule has 1 unspecified atom stereocenters. The van der Waals surface area contributed by atoms with Crippen LogP contribution in [0.5, 0.6) is 0 Å². The molecule has 0 spiro atoms. The zero-order valence-corrected chi connectivity index (χ0v) is 5.59. The maximum atomic E-state index is 3.89. The number of rotatable bonds is 1. The van der Waals surface area contributed by atoms with Crippen LogP contribution in [0.15, 0.2) is 24.3 Å². The van der Waals surface area contributed by atoms with Crippen LogP contribution in [0.3, 0.4) is 0 Å². The van der Waals surface area contributed by atoms with Gasteiger partial charge in [-0.2, -0.15) is 0 Å². The van der Waals surface area contributed by atoms with E-state index >= 15 is 0 Å². The summed E-state index contributed by atoms with van der Waals surface area (Å²) in [6, 6.07) is 10.9. The monoisotopic (exact) mass is 118 g/mol. The fourth-order valence-electron chi connectivity index (χ4n) is 0.728. The molecular formula is C9H10. The second kappa shape index (κ2) is 2.67. The highest BCUT2D eigenvalue weighted by molar-refractivity contribution is 5.18. The van der Waals surface area contributed by atoms with Crippen molar-refractivity contribution in [2.75, 3.05) is 0 Å². The smallest absolute Gasteiger partial charge is 0.0184 e. The molecule has 2 radical (unpaired) electrons. The van der Waals surface area contributed by atoms with Crippen LogP contribution >= 0.6 is 0 Å². The Morgan fingerprint density at radius 2 is 2.00 bits per heavy atom. The molecule has 0 bridgehead atoms. The fraction of sp³-hybridized carbons (Fsp3) is 0.222. The SMILES string of the molecule is [CH2]C(C)c1cc[c]cc1. The summed E-state index contributed by atoms with van der Waals surface area (Å²) in [5.74, 6) is 0.389. The molecule has 1 rings (SSSR count). The lowest BCUT2D eigenvalue weighted by Gasteiger charge is -2.01. The molecule has 0 saturated heterocycles. The van der Waals surface area contributed by atoms with E-state index in [2.05, 4.69) is 19.9 Å². The van der Waals surface area contributed by atoms with E-state index in [1.54, 1.807) is 0 Å². The Bertz CT molecular complexity index is 163. The molecule has 0 heteroatoms. The van der Waals surface area contributed by atoms with Crippen molar-refractivity contribution in [2.24, 2.45) is 0 Å². The average molecular weight is 118 g/mol. The predicted molar refractivity (Wildman–Crippen MR) is 39.1 cm³/mol. The van der Waals surface area contributed by atoms with Crippen molar-refractivity contribution in [2.45, 2.75) is 12.8 Å². The van der Waals surface area contributed by atoms with Gasteiger partial charge in [0.2, 0.25) is 0 Å². The third-order valence-corrected chi connectivity index (χ3v) is 1.31. The Balaban J connectivity index is 2.85. The van der Waals surface area contributed by atoms with Crippen LogP contribution in [0, 0.1) is 13.0 Å². The first-order valence-electron chi connectivity index (χ1n) is 3.10. The van der Waals surface area contributed by atoms with Gasteiger partial charge < -0.3 is 0 Å². The van der Waals surface area contributed by atoms with E-state index in [-0.39, 0.29) is 0 Å². The molecule has 0 N–H and O–H groups in total. The molecule has 9 heavy (non-hydrogen) atoms. The minimum atomic E-state index is 0.389. The Morgan fingerprint density at radius 3 is 2.33 bits per heavy atom. The van der Waals surface area contributed by atoms with Gasteiger partial charge in [0.1, 0.15) is 0 Å². The van der Waals surface area contributed by atoms with Gasteiger partial charge in [0.05, 0.1) is 0 Å². The van der Waals surface area contributed by atoms with E-state index in [1.165, 1.54) is 5.56 Å². The molecule has 46 valence electrons. The van der Waals surface area contributed by atoms with Gasteiger partial charge in [-0.15, -0.1) is 0 Å². The first-order valence-corrected chi connectivity index (χ1v) is 3.10. The number of hydrogen-bond acceptors (Lipinski definition) is 0. The maximum Gasteiger partial charge on any atom is -0.0184 e. The first-order chi connectivity index (χ1) is 4.30. The zero-order chi connectivity index (χ0) is 6.69. The van der Waals surface area contributed by atoms with Gasteiger partial charge in [0.15, 0.2) is 0 Å². The van der Waals surface area contributed by atoms with Crippen molar-refractivity contribution in [3.8, 4) is 0 Å². The lowest BCUT2D eigenvalue weighted by atomic mass is 10.0. The van der Waals surface area contributed by atoms with Gasteiger partial charge in [0, 0.05) is 0 Å². The fourth-order valence-corrected chi connectivity index (χ4v) is 0.728. The Kier molecular flexibility index (Phi) is 1.88. The van der Waals surface area contributed by atoms with Crippen LogP contribution < -0.4 is 0 Å². The summed E-state index contributed by atoms with van der Waals surface area (Å²) in [5.41, 5.74) is 1.27. The lowest BCUT2D eigenvalue weighted by Crippen LogP contribution is -1.84. The summed E-state index contributed by atoms with van der Waals surface area (Å²) < 4.78 is 0. The molecule has 0 amide bonds. The number of benzene rings is 1. The quantitative estimate of drug-likeness (QED) is 0.531. The van der Waals surface area contributed by atoms with E-state index in [0.717, 1.165) is 0 Å². The summed E-state index contributed by atoms with van der Waals surface area (Å²) in [6.07, 6.45) is 0. The van der Waals surface area contributed by atoms with Crippen molar-refractivity contribution in [1.29, 1.82) is 0 Å². The maximum absolute atomic E-state index is 3.89. The molecular weight excluding hydrogens is 108 g/mol. The number of hydrogen-bond donors (Lipinski definition) is 0. The highest BCUT2D eigenvalue weighted by Gasteiger charge is 1.93. The van der Waals surface area contributed by atoms with Crippen LogP contribution in [0.2, 0.25) is 0 Å². The summed E-state index contributed by atoms with van der Waals surface area (Å²) >= 11 is 0. The summed E-state index contributed by atoms with van der Waals surface area (Å²) in [4.78, 5) is 0. The minimum absolute atomic E-state index is 0.389. The molecule has 0 aromatic heterocycles. The first kappa shape index (κ1) is 6.34. The van der Waals surface area contributed by atoms with Crippen LogP contribution in [-0.2, 0) is 0 Å². The molecule has 1 aromatic rings. The predicted octanol–water partition coefficient (Wildman–Crippen LogP) is 2.42. The molecule has 0 fully saturated rings. The molecule has 0 heterocycles. The Labute approximate surface area is 56.5 Å². The van der Waals surface area contributed by atoms with Gasteiger partial charge >= 0.3 is 0 Å². The summed E-state index contributed by atoms with van der Waals surface area (Å²) in [5, 5.41) is 0. The minimum Gasteiger partial charge on any atom is -0.0584 e. The molecule has 0 aliphatic rings. The topological polar surface area (TPSA) is 0 Å². The van der Waals surface area contributed by atoms with Crippen molar-refractivity contribution in [3.05, 3.63) is 42.8 Å². The van der Waals surface area contributed by atoms with Gasteiger partial charge in [-0.1, -0.05) is 31.2 Å². The Morgan fingerprint density at radius 1 is 1.44 bits per heavy atom. The van der Waals surface area contributed by atoms with Crippen molar-refractivity contribution < 1.29 is 0 Å². The molecule has 0 nitrogen and oxygen atoms in total. The highest BCUT2D eigenvalue weighted by atomic mass is 14.0. The van der Waals surface area contributed by atoms with Crippen LogP contribution in [0.25, 0.3) is 0 Å². The third-order valence-electron chi connectivity index (χ3n) is 1.31. The second-order valence-electron chi connectivity index (χ2n) is 2.23. The van der Waals surface area contributed by atoms with E-state index in [9.17, 15) is 0 Å². The van der Waals surface area contributed by atoms with Crippen molar-refractivity contribution in [3.63, 3.8) is 0 Å². The molecule has 0 saturated carbocycles. The lowest BCUT2D eigenvalue weighted by molar-refractivity contribution is 0.964. The average Bonchev–Trinajstić information content (AvgIpc) is 1.90. The van der Waals surface area contributed by atoms with Crippen LogP contribution in [-0.4, -0.2) is 0 Å². The molecule has 0 aliphatic carbocycles. The second-order valence-corrected chi connectivity index (χ2v) is 2.23. The van der Waals surface area contributed by atoms with Gasteiger partial charge in [-0.3, -0.25) is 0 Å². The van der Waals surface area contributed by atoms with E-state index in [0.29, 0.717) is 5.92 Å². The Hall–Kier alpha value is -0.780.